The van der Waals surface area contributed by atoms with E-state index < -0.39 is 22.5 Å². The van der Waals surface area contributed by atoms with Crippen LogP contribution in [0.5, 0.6) is 11.5 Å². The minimum atomic E-state index is -4.04. The Morgan fingerprint density at radius 1 is 1.03 bits per heavy atom. The summed E-state index contributed by atoms with van der Waals surface area (Å²) in [5.41, 5.74) is 0.751. The number of ether oxygens (including phenoxy) is 2. The number of amides is 1. The molecule has 0 heterocycles. The summed E-state index contributed by atoms with van der Waals surface area (Å²) in [5, 5.41) is 2.95. The summed E-state index contributed by atoms with van der Waals surface area (Å²) in [5.74, 6) is 0.550. The molecule has 9 heteroatoms. The first-order valence-electron chi connectivity index (χ1n) is 10.2. The lowest BCUT2D eigenvalue weighted by Crippen LogP contribution is -2.38. The number of nitrogens with zero attached hydrogens (tertiary/aromatic N) is 1. The van der Waals surface area contributed by atoms with Crippen LogP contribution in [0.15, 0.2) is 77.7 Å². The van der Waals surface area contributed by atoms with Crippen LogP contribution in [0, 0.1) is 0 Å². The predicted octanol–water partition coefficient (Wildman–Crippen LogP) is 4.97. The van der Waals surface area contributed by atoms with Crippen molar-refractivity contribution in [3.8, 4) is 11.5 Å². The molecule has 174 valence electrons. The maximum Gasteiger partial charge on any atom is 0.264 e. The van der Waals surface area contributed by atoms with Crippen LogP contribution in [0.25, 0.3) is 0 Å². The molecule has 0 saturated heterocycles. The second-order valence-corrected chi connectivity index (χ2v) is 9.65. The highest BCUT2D eigenvalue weighted by molar-refractivity contribution is 7.92. The van der Waals surface area contributed by atoms with Crippen molar-refractivity contribution in [2.24, 2.45) is 0 Å². The zero-order chi connectivity index (χ0) is 24.0. The molecule has 0 spiro atoms. The number of rotatable bonds is 9. The van der Waals surface area contributed by atoms with Crippen molar-refractivity contribution in [2.45, 2.75) is 24.8 Å². The summed E-state index contributed by atoms with van der Waals surface area (Å²) in [7, 11) is -2.58. The summed E-state index contributed by atoms with van der Waals surface area (Å²) in [6.45, 7) is 3.38. The molecule has 0 aromatic heterocycles. The van der Waals surface area contributed by atoms with E-state index in [1.165, 1.54) is 31.4 Å². The number of halogens is 1. The quantitative estimate of drug-likeness (QED) is 0.459. The minimum Gasteiger partial charge on any atom is -0.495 e. The summed E-state index contributed by atoms with van der Waals surface area (Å²) in [4.78, 5) is 12.9. The van der Waals surface area contributed by atoms with Gasteiger partial charge in [0.05, 0.1) is 28.8 Å². The number of anilines is 2. The third-order valence-electron chi connectivity index (χ3n) is 4.55. The van der Waals surface area contributed by atoms with E-state index in [2.05, 4.69) is 5.32 Å². The third-order valence-corrected chi connectivity index (χ3v) is 6.64. The number of sulfonamides is 1. The third kappa shape index (κ3) is 6.18. The van der Waals surface area contributed by atoms with Crippen molar-refractivity contribution in [3.63, 3.8) is 0 Å². The Kier molecular flexibility index (Phi) is 7.84. The Morgan fingerprint density at radius 3 is 2.27 bits per heavy atom. The fourth-order valence-corrected chi connectivity index (χ4v) is 4.75. The molecule has 3 aromatic carbocycles. The topological polar surface area (TPSA) is 84.9 Å². The van der Waals surface area contributed by atoms with Crippen molar-refractivity contribution < 1.29 is 22.7 Å². The molecule has 0 unspecified atom stereocenters. The number of benzene rings is 3. The molecular formula is C24H25ClN2O5S. The van der Waals surface area contributed by atoms with Crippen molar-refractivity contribution in [1.29, 1.82) is 0 Å². The van der Waals surface area contributed by atoms with Gasteiger partial charge in [-0.05, 0) is 68.4 Å². The normalized spacial score (nSPS) is 11.2. The van der Waals surface area contributed by atoms with Crippen molar-refractivity contribution in [3.05, 3.63) is 77.8 Å². The van der Waals surface area contributed by atoms with Crippen molar-refractivity contribution in [2.75, 3.05) is 23.3 Å². The van der Waals surface area contributed by atoms with Crippen LogP contribution in [0.2, 0.25) is 5.02 Å². The molecule has 0 aliphatic carbocycles. The highest BCUT2D eigenvalue weighted by Gasteiger charge is 2.27. The molecule has 0 atom stereocenters. The first-order chi connectivity index (χ1) is 15.7. The van der Waals surface area contributed by atoms with Crippen LogP contribution in [0.4, 0.5) is 11.4 Å². The number of hydrogen-bond acceptors (Lipinski definition) is 5. The van der Waals surface area contributed by atoms with E-state index in [-0.39, 0.29) is 21.7 Å². The molecule has 0 bridgehead atoms. The molecule has 7 nitrogen and oxygen atoms in total. The van der Waals surface area contributed by atoms with Crippen molar-refractivity contribution in [1.82, 2.24) is 0 Å². The van der Waals surface area contributed by atoms with E-state index in [1.54, 1.807) is 48.5 Å². The number of carbonyl (C=O) groups is 1. The van der Waals surface area contributed by atoms with Gasteiger partial charge in [-0.25, -0.2) is 8.42 Å². The standard InChI is InChI=1S/C24H25ClN2O5S/c1-17(2)32-20-12-9-18(10-13-20)26-24(28)16-27(19-11-14-23(31-3)22(25)15-19)33(29,30)21-7-5-4-6-8-21/h4-15,17H,16H2,1-3H3,(H,26,28). The van der Waals surface area contributed by atoms with Gasteiger partial charge in [0.25, 0.3) is 10.0 Å². The fourth-order valence-electron chi connectivity index (χ4n) is 3.07. The maximum atomic E-state index is 13.4. The van der Waals surface area contributed by atoms with Crippen molar-refractivity contribution >= 4 is 38.9 Å². The summed E-state index contributed by atoms with van der Waals surface area (Å²) in [6, 6.07) is 19.3. The Balaban J connectivity index is 1.88. The zero-order valence-electron chi connectivity index (χ0n) is 18.5. The zero-order valence-corrected chi connectivity index (χ0v) is 20.1. The number of methoxy groups -OCH3 is 1. The Hall–Kier alpha value is -3.23. The highest BCUT2D eigenvalue weighted by Crippen LogP contribution is 2.32. The molecule has 1 N–H and O–H groups in total. The van der Waals surface area contributed by atoms with Crippen LogP contribution >= 0.6 is 11.6 Å². The van der Waals surface area contributed by atoms with Gasteiger partial charge in [0.2, 0.25) is 5.91 Å². The Labute approximate surface area is 198 Å². The van der Waals surface area contributed by atoms with E-state index in [0.29, 0.717) is 17.2 Å². The Bertz CT molecular complexity index is 1200. The number of nitrogens with one attached hydrogen (secondary N) is 1. The minimum absolute atomic E-state index is 0.0264. The second-order valence-electron chi connectivity index (χ2n) is 7.38. The van der Waals surface area contributed by atoms with E-state index in [0.717, 1.165) is 4.31 Å². The largest absolute Gasteiger partial charge is 0.495 e. The summed E-state index contributed by atoms with van der Waals surface area (Å²) < 4.78 is 38.5. The van der Waals surface area contributed by atoms with Crippen LogP contribution in [-0.2, 0) is 14.8 Å². The van der Waals surface area contributed by atoms with Gasteiger partial charge in [-0.15, -0.1) is 0 Å². The van der Waals surface area contributed by atoms with Gasteiger partial charge in [-0.2, -0.15) is 0 Å². The molecule has 0 radical (unpaired) electrons. The lowest BCUT2D eigenvalue weighted by molar-refractivity contribution is -0.114. The van der Waals surface area contributed by atoms with Crippen LogP contribution in [-0.4, -0.2) is 34.1 Å². The molecule has 0 aliphatic heterocycles. The van der Waals surface area contributed by atoms with Gasteiger partial charge in [0.15, 0.2) is 0 Å². The predicted molar refractivity (Wildman–Crippen MR) is 130 cm³/mol. The van der Waals surface area contributed by atoms with Gasteiger partial charge in [-0.1, -0.05) is 29.8 Å². The molecule has 1 amide bonds. The second kappa shape index (κ2) is 10.6. The molecule has 3 aromatic rings. The summed E-state index contributed by atoms with van der Waals surface area (Å²) >= 11 is 6.23. The van der Waals surface area contributed by atoms with E-state index in [4.69, 9.17) is 21.1 Å². The van der Waals surface area contributed by atoms with Crippen LogP contribution < -0.4 is 19.1 Å². The van der Waals surface area contributed by atoms with Crippen LogP contribution in [0.1, 0.15) is 13.8 Å². The van der Waals surface area contributed by atoms with Gasteiger partial charge < -0.3 is 14.8 Å². The lowest BCUT2D eigenvalue weighted by Gasteiger charge is -2.24. The molecular weight excluding hydrogens is 464 g/mol. The first kappa shape index (κ1) is 24.4. The summed E-state index contributed by atoms with van der Waals surface area (Å²) in [6.07, 6.45) is 0.0264. The first-order valence-corrected chi connectivity index (χ1v) is 12.0. The van der Waals surface area contributed by atoms with Gasteiger partial charge in [-0.3, -0.25) is 9.10 Å². The maximum absolute atomic E-state index is 13.4. The fraction of sp³-hybridized carbons (Fsp3) is 0.208. The molecule has 3 rings (SSSR count). The average molecular weight is 489 g/mol. The number of hydrogen-bond donors (Lipinski definition) is 1. The van der Waals surface area contributed by atoms with Crippen LogP contribution in [0.3, 0.4) is 0 Å². The number of carbonyl (C=O) groups excluding carboxylic acids is 1. The molecule has 0 aliphatic rings. The van der Waals surface area contributed by atoms with Gasteiger partial charge in [0, 0.05) is 5.69 Å². The lowest BCUT2D eigenvalue weighted by atomic mass is 10.3. The molecule has 0 fully saturated rings. The van der Waals surface area contributed by atoms with E-state index in [1.807, 2.05) is 13.8 Å². The smallest absolute Gasteiger partial charge is 0.264 e. The molecule has 0 saturated carbocycles. The Morgan fingerprint density at radius 2 is 1.70 bits per heavy atom. The SMILES string of the molecule is COc1ccc(N(CC(=O)Nc2ccc(OC(C)C)cc2)S(=O)(=O)c2ccccc2)cc1Cl. The molecule has 33 heavy (non-hydrogen) atoms. The monoisotopic (exact) mass is 488 g/mol. The van der Waals surface area contributed by atoms with E-state index >= 15 is 0 Å². The van der Waals surface area contributed by atoms with Gasteiger partial charge >= 0.3 is 0 Å². The van der Waals surface area contributed by atoms with Gasteiger partial charge in [0.1, 0.15) is 18.0 Å². The highest BCUT2D eigenvalue weighted by atomic mass is 35.5. The van der Waals surface area contributed by atoms with E-state index in [9.17, 15) is 13.2 Å². The average Bonchev–Trinajstić information content (AvgIpc) is 2.79.